The highest BCUT2D eigenvalue weighted by atomic mass is 16.6. The molecule has 0 aromatic carbocycles. The fraction of sp³-hybridized carbons (Fsp3) is 0.815. The summed E-state index contributed by atoms with van der Waals surface area (Å²) in [5.41, 5.74) is 1.80. The first-order valence-electron chi connectivity index (χ1n) is 12.4. The maximum Gasteiger partial charge on any atom is 0.187 e. The molecule has 0 aromatic rings. The van der Waals surface area contributed by atoms with Crippen LogP contribution in [-0.2, 0) is 9.53 Å². The number of allylic oxidation sites excluding steroid dienone is 2. The van der Waals surface area contributed by atoms with E-state index in [2.05, 4.69) is 46.8 Å². The van der Waals surface area contributed by atoms with Gasteiger partial charge in [0.05, 0.1) is 0 Å². The molecule has 1 heterocycles. The van der Waals surface area contributed by atoms with Crippen molar-refractivity contribution in [3.63, 3.8) is 0 Å². The summed E-state index contributed by atoms with van der Waals surface area (Å²) in [6, 6.07) is 0. The Hall–Kier alpha value is -0.890. The summed E-state index contributed by atoms with van der Waals surface area (Å²) in [6.07, 6.45) is 16.4. The predicted octanol–water partition coefficient (Wildman–Crippen LogP) is 6.36. The SMILES string of the molecule is CC(C)CCCC(C)[C@H]1CC[C@H]2[C@@H]3C=CC4=CC(=O)[C@@H]5O[C@@H]5[C@]4(C)[C@H]3CC[C@]12C. The van der Waals surface area contributed by atoms with Gasteiger partial charge >= 0.3 is 0 Å². The molecule has 2 heteroatoms. The minimum Gasteiger partial charge on any atom is -0.360 e. The second-order valence-electron chi connectivity index (χ2n) is 11.9. The maximum atomic E-state index is 12.2. The average molecular weight is 397 g/mol. The Morgan fingerprint density at radius 3 is 2.66 bits per heavy atom. The number of ether oxygens (including phenoxy) is 1. The van der Waals surface area contributed by atoms with E-state index in [-0.39, 0.29) is 23.4 Å². The molecule has 0 spiro atoms. The normalized spacial score (nSPS) is 48.5. The Morgan fingerprint density at radius 2 is 1.90 bits per heavy atom. The number of hydrogen-bond donors (Lipinski definition) is 0. The first-order valence-corrected chi connectivity index (χ1v) is 12.4. The summed E-state index contributed by atoms with van der Waals surface area (Å²) >= 11 is 0. The van der Waals surface area contributed by atoms with E-state index in [9.17, 15) is 4.79 Å². The molecule has 0 aromatic heterocycles. The first-order chi connectivity index (χ1) is 13.8. The predicted molar refractivity (Wildman–Crippen MR) is 117 cm³/mol. The third-order valence-corrected chi connectivity index (χ3v) is 10.1. The Bertz CT molecular complexity index is 748. The Morgan fingerprint density at radius 1 is 1.10 bits per heavy atom. The van der Waals surface area contributed by atoms with E-state index in [1.807, 2.05) is 6.08 Å². The van der Waals surface area contributed by atoms with Crippen molar-refractivity contribution in [2.75, 3.05) is 0 Å². The molecule has 29 heavy (non-hydrogen) atoms. The van der Waals surface area contributed by atoms with Crippen molar-refractivity contribution in [2.45, 2.75) is 91.8 Å². The van der Waals surface area contributed by atoms with Gasteiger partial charge < -0.3 is 4.74 Å². The summed E-state index contributed by atoms with van der Waals surface area (Å²) in [7, 11) is 0. The van der Waals surface area contributed by atoms with Crippen molar-refractivity contribution < 1.29 is 9.53 Å². The van der Waals surface area contributed by atoms with Gasteiger partial charge in [0.25, 0.3) is 0 Å². The van der Waals surface area contributed by atoms with Crippen LogP contribution in [0.2, 0.25) is 0 Å². The lowest BCUT2D eigenvalue weighted by atomic mass is 9.48. The largest absolute Gasteiger partial charge is 0.360 e. The van der Waals surface area contributed by atoms with Gasteiger partial charge in [-0.25, -0.2) is 0 Å². The van der Waals surface area contributed by atoms with Gasteiger partial charge in [0.2, 0.25) is 0 Å². The second kappa shape index (κ2) is 6.81. The van der Waals surface area contributed by atoms with Crippen LogP contribution in [0.15, 0.2) is 23.8 Å². The first kappa shape index (κ1) is 20.0. The van der Waals surface area contributed by atoms with Crippen LogP contribution in [0.4, 0.5) is 0 Å². The van der Waals surface area contributed by atoms with E-state index in [1.165, 1.54) is 50.5 Å². The Kier molecular flexibility index (Phi) is 4.70. The van der Waals surface area contributed by atoms with Crippen LogP contribution in [0, 0.1) is 46.3 Å². The topological polar surface area (TPSA) is 29.6 Å². The molecule has 4 aliphatic carbocycles. The van der Waals surface area contributed by atoms with Crippen molar-refractivity contribution in [3.8, 4) is 0 Å². The summed E-state index contributed by atoms with van der Waals surface area (Å²) in [4.78, 5) is 12.2. The third-order valence-electron chi connectivity index (χ3n) is 10.1. The third kappa shape index (κ3) is 2.87. The minimum atomic E-state index is -0.137. The van der Waals surface area contributed by atoms with E-state index in [0.29, 0.717) is 17.3 Å². The zero-order chi connectivity index (χ0) is 20.6. The number of carbonyl (C=O) groups excluding carboxylic acids is 1. The number of fused-ring (bicyclic) bond motifs is 7. The van der Waals surface area contributed by atoms with Gasteiger partial charge in [0, 0.05) is 5.41 Å². The molecule has 1 aliphatic heterocycles. The quantitative estimate of drug-likeness (QED) is 0.506. The fourth-order valence-corrected chi connectivity index (χ4v) is 8.39. The fourth-order valence-electron chi connectivity index (χ4n) is 8.39. The molecule has 2 saturated carbocycles. The smallest absolute Gasteiger partial charge is 0.187 e. The number of ketones is 1. The zero-order valence-electron chi connectivity index (χ0n) is 19.1. The second-order valence-corrected chi connectivity index (χ2v) is 11.9. The molecule has 0 bridgehead atoms. The van der Waals surface area contributed by atoms with E-state index < -0.39 is 0 Å². The summed E-state index contributed by atoms with van der Waals surface area (Å²) < 4.78 is 5.94. The van der Waals surface area contributed by atoms with Crippen LogP contribution in [0.25, 0.3) is 0 Å². The van der Waals surface area contributed by atoms with Crippen LogP contribution < -0.4 is 0 Å². The Labute approximate surface area is 177 Å². The lowest BCUT2D eigenvalue weighted by molar-refractivity contribution is -0.116. The molecule has 2 nitrogen and oxygen atoms in total. The van der Waals surface area contributed by atoms with Crippen LogP contribution in [0.3, 0.4) is 0 Å². The molecule has 5 aliphatic rings. The van der Waals surface area contributed by atoms with Gasteiger partial charge in [-0.1, -0.05) is 66.0 Å². The van der Waals surface area contributed by atoms with Crippen LogP contribution in [-0.4, -0.2) is 18.0 Å². The molecule has 1 saturated heterocycles. The van der Waals surface area contributed by atoms with Gasteiger partial charge in [0.15, 0.2) is 5.78 Å². The number of hydrogen-bond acceptors (Lipinski definition) is 2. The summed E-state index contributed by atoms with van der Waals surface area (Å²) in [5.74, 6) is 4.89. The number of rotatable bonds is 5. The minimum absolute atomic E-state index is 0.0558. The monoisotopic (exact) mass is 396 g/mol. The van der Waals surface area contributed by atoms with Crippen LogP contribution in [0.5, 0.6) is 0 Å². The highest BCUT2D eigenvalue weighted by Gasteiger charge is 2.66. The highest BCUT2D eigenvalue weighted by Crippen LogP contribution is 2.68. The van der Waals surface area contributed by atoms with Gasteiger partial charge in [-0.05, 0) is 78.3 Å². The van der Waals surface area contributed by atoms with E-state index in [0.717, 1.165) is 23.7 Å². The zero-order valence-corrected chi connectivity index (χ0v) is 19.1. The summed E-state index contributed by atoms with van der Waals surface area (Å²) in [5, 5.41) is 0. The van der Waals surface area contributed by atoms with Crippen molar-refractivity contribution >= 4 is 5.78 Å². The summed E-state index contributed by atoms with van der Waals surface area (Å²) in [6.45, 7) is 12.3. The lowest BCUT2D eigenvalue weighted by Crippen LogP contribution is -2.51. The Balaban J connectivity index is 1.37. The van der Waals surface area contributed by atoms with Gasteiger partial charge in [-0.2, -0.15) is 0 Å². The molecule has 3 fully saturated rings. The van der Waals surface area contributed by atoms with E-state index in [4.69, 9.17) is 4.74 Å². The van der Waals surface area contributed by atoms with Crippen LogP contribution >= 0.6 is 0 Å². The molecule has 5 rings (SSSR count). The molecule has 0 amide bonds. The van der Waals surface area contributed by atoms with Gasteiger partial charge in [-0.3, -0.25) is 4.79 Å². The number of carbonyl (C=O) groups is 1. The molecular formula is C27H40O2. The number of epoxide rings is 1. The van der Waals surface area contributed by atoms with Crippen LogP contribution in [0.1, 0.15) is 79.6 Å². The standard InChI is InChI=1S/C27H40O2/c1-16(2)7-6-8-17(3)20-11-12-21-19-10-9-18-15-23(28)24-25(29-24)27(18,5)22(19)13-14-26(20,21)4/h9-10,15-17,19-22,24-25H,6-8,11-14H2,1-5H3/t17?,19-,20+,21-,22-,24-,25-,26+,27-/m0/s1. The highest BCUT2D eigenvalue weighted by molar-refractivity contribution is 5.98. The van der Waals surface area contributed by atoms with Crippen molar-refractivity contribution in [1.82, 2.24) is 0 Å². The van der Waals surface area contributed by atoms with Crippen molar-refractivity contribution in [3.05, 3.63) is 23.8 Å². The molecule has 1 unspecified atom stereocenters. The maximum absolute atomic E-state index is 12.2. The van der Waals surface area contributed by atoms with Crippen molar-refractivity contribution in [2.24, 2.45) is 46.3 Å². The molecule has 9 atom stereocenters. The van der Waals surface area contributed by atoms with E-state index in [1.54, 1.807) is 0 Å². The molecular weight excluding hydrogens is 356 g/mol. The van der Waals surface area contributed by atoms with E-state index >= 15 is 0 Å². The van der Waals surface area contributed by atoms with Crippen molar-refractivity contribution in [1.29, 1.82) is 0 Å². The van der Waals surface area contributed by atoms with Gasteiger partial charge in [-0.15, -0.1) is 0 Å². The average Bonchev–Trinajstić information content (AvgIpc) is 3.40. The molecule has 160 valence electrons. The molecule has 0 N–H and O–H groups in total. The van der Waals surface area contributed by atoms with Gasteiger partial charge in [0.1, 0.15) is 12.2 Å². The molecule has 0 radical (unpaired) electrons. The lowest BCUT2D eigenvalue weighted by Gasteiger charge is -2.56.